The van der Waals surface area contributed by atoms with E-state index in [1.165, 1.54) is 12.1 Å². The standard InChI is InChI=1S/C21H23FN2O3/c1-27-18-8-4-16(5-9-18)14-24-20(26)21(11-12-21)19(25)23-13-10-15-2-6-17(22)7-3-15/h2-9H,10-14H2,1H3,(H,23,25)(H,24,26). The molecule has 27 heavy (non-hydrogen) atoms. The van der Waals surface area contributed by atoms with E-state index in [2.05, 4.69) is 10.6 Å². The molecule has 2 aromatic carbocycles. The average molecular weight is 370 g/mol. The van der Waals surface area contributed by atoms with Crippen LogP contribution in [0.5, 0.6) is 5.75 Å². The molecule has 0 aliphatic heterocycles. The number of halogens is 1. The molecule has 0 heterocycles. The molecule has 0 aromatic heterocycles. The van der Waals surface area contributed by atoms with Gasteiger partial charge in [-0.05, 0) is 54.7 Å². The van der Waals surface area contributed by atoms with Crippen LogP contribution in [0.25, 0.3) is 0 Å². The van der Waals surface area contributed by atoms with Gasteiger partial charge in [0, 0.05) is 13.1 Å². The number of carbonyl (C=O) groups is 2. The Balaban J connectivity index is 1.47. The molecule has 1 aliphatic carbocycles. The quantitative estimate of drug-likeness (QED) is 0.702. The first-order valence-corrected chi connectivity index (χ1v) is 8.97. The summed E-state index contributed by atoms with van der Waals surface area (Å²) < 4.78 is 18.0. The lowest BCUT2D eigenvalue weighted by Gasteiger charge is -2.15. The molecule has 1 saturated carbocycles. The maximum atomic E-state index is 12.9. The van der Waals surface area contributed by atoms with Gasteiger partial charge >= 0.3 is 0 Å². The molecular weight excluding hydrogens is 347 g/mol. The molecule has 0 unspecified atom stereocenters. The lowest BCUT2D eigenvalue weighted by Crippen LogP contribution is -2.43. The number of rotatable bonds is 8. The molecule has 3 rings (SSSR count). The molecule has 0 bridgehead atoms. The van der Waals surface area contributed by atoms with Crippen molar-refractivity contribution in [1.82, 2.24) is 10.6 Å². The Morgan fingerprint density at radius 3 is 2.15 bits per heavy atom. The third kappa shape index (κ3) is 4.64. The number of methoxy groups -OCH3 is 1. The number of amides is 2. The van der Waals surface area contributed by atoms with Crippen molar-refractivity contribution in [1.29, 1.82) is 0 Å². The van der Waals surface area contributed by atoms with Crippen LogP contribution in [0.4, 0.5) is 4.39 Å². The highest BCUT2D eigenvalue weighted by molar-refractivity contribution is 6.07. The molecule has 0 radical (unpaired) electrons. The number of ether oxygens (including phenoxy) is 1. The van der Waals surface area contributed by atoms with Gasteiger partial charge < -0.3 is 15.4 Å². The van der Waals surface area contributed by atoms with E-state index in [4.69, 9.17) is 4.74 Å². The topological polar surface area (TPSA) is 67.4 Å². The second kappa shape index (κ2) is 8.20. The third-order valence-corrected chi connectivity index (χ3v) is 4.84. The Hall–Kier alpha value is -2.89. The fraction of sp³-hybridized carbons (Fsp3) is 0.333. The van der Waals surface area contributed by atoms with Gasteiger partial charge in [-0.15, -0.1) is 0 Å². The van der Waals surface area contributed by atoms with Gasteiger partial charge in [-0.25, -0.2) is 4.39 Å². The van der Waals surface area contributed by atoms with Crippen LogP contribution in [0.1, 0.15) is 24.0 Å². The first kappa shape index (κ1) is 18.9. The fourth-order valence-corrected chi connectivity index (χ4v) is 2.92. The zero-order valence-electron chi connectivity index (χ0n) is 15.3. The average Bonchev–Trinajstić information content (AvgIpc) is 3.50. The lowest BCUT2D eigenvalue weighted by molar-refractivity contribution is -0.137. The van der Waals surface area contributed by atoms with Gasteiger partial charge in [0.1, 0.15) is 17.0 Å². The van der Waals surface area contributed by atoms with E-state index in [9.17, 15) is 14.0 Å². The van der Waals surface area contributed by atoms with Gasteiger partial charge in [-0.2, -0.15) is 0 Å². The largest absolute Gasteiger partial charge is 0.497 e. The number of hydrogen-bond acceptors (Lipinski definition) is 3. The second-order valence-electron chi connectivity index (χ2n) is 6.75. The van der Waals surface area contributed by atoms with Crippen molar-refractivity contribution < 1.29 is 18.7 Å². The minimum atomic E-state index is -0.949. The molecule has 1 fully saturated rings. The molecule has 0 atom stereocenters. The van der Waals surface area contributed by atoms with Crippen LogP contribution in [0.2, 0.25) is 0 Å². The summed E-state index contributed by atoms with van der Waals surface area (Å²) in [5.41, 5.74) is 0.928. The zero-order valence-corrected chi connectivity index (χ0v) is 15.3. The number of nitrogens with one attached hydrogen (secondary N) is 2. The van der Waals surface area contributed by atoms with Gasteiger partial charge in [0.2, 0.25) is 11.8 Å². The SMILES string of the molecule is COc1ccc(CNC(=O)C2(C(=O)NCCc3ccc(F)cc3)CC2)cc1. The Morgan fingerprint density at radius 1 is 0.963 bits per heavy atom. The first-order valence-electron chi connectivity index (χ1n) is 8.97. The molecule has 2 aromatic rings. The van der Waals surface area contributed by atoms with Crippen LogP contribution in [0.3, 0.4) is 0 Å². The summed E-state index contributed by atoms with van der Waals surface area (Å²) in [7, 11) is 1.60. The minimum Gasteiger partial charge on any atom is -0.497 e. The number of hydrogen-bond donors (Lipinski definition) is 2. The first-order chi connectivity index (χ1) is 13.0. The predicted molar refractivity (Wildman–Crippen MR) is 99.6 cm³/mol. The fourth-order valence-electron chi connectivity index (χ4n) is 2.92. The Kier molecular flexibility index (Phi) is 5.74. The molecule has 5 nitrogen and oxygen atoms in total. The highest BCUT2D eigenvalue weighted by atomic mass is 19.1. The molecule has 2 amide bonds. The Morgan fingerprint density at radius 2 is 1.56 bits per heavy atom. The monoisotopic (exact) mass is 370 g/mol. The highest BCUT2D eigenvalue weighted by Crippen LogP contribution is 2.46. The summed E-state index contributed by atoms with van der Waals surface area (Å²) in [4.78, 5) is 25.0. The second-order valence-corrected chi connectivity index (χ2v) is 6.75. The summed E-state index contributed by atoms with van der Waals surface area (Å²) in [5.74, 6) is -0.00744. The van der Waals surface area contributed by atoms with Crippen molar-refractivity contribution in [3.05, 3.63) is 65.5 Å². The smallest absolute Gasteiger partial charge is 0.235 e. The van der Waals surface area contributed by atoms with Gasteiger partial charge in [-0.1, -0.05) is 24.3 Å². The predicted octanol–water partition coefficient (Wildman–Crippen LogP) is 2.59. The normalized spacial score (nSPS) is 14.3. The summed E-state index contributed by atoms with van der Waals surface area (Å²) in [6, 6.07) is 13.6. The minimum absolute atomic E-state index is 0.238. The van der Waals surface area contributed by atoms with Crippen LogP contribution in [-0.2, 0) is 22.6 Å². The van der Waals surface area contributed by atoms with Crippen molar-refractivity contribution in [2.24, 2.45) is 5.41 Å². The third-order valence-electron chi connectivity index (χ3n) is 4.84. The van der Waals surface area contributed by atoms with E-state index >= 15 is 0 Å². The maximum Gasteiger partial charge on any atom is 0.235 e. The summed E-state index contributed by atoms with van der Waals surface area (Å²) in [6.45, 7) is 0.783. The van der Waals surface area contributed by atoms with Gasteiger partial charge in [-0.3, -0.25) is 9.59 Å². The van der Waals surface area contributed by atoms with E-state index in [1.54, 1.807) is 19.2 Å². The van der Waals surface area contributed by atoms with Crippen molar-refractivity contribution in [2.75, 3.05) is 13.7 Å². The van der Waals surface area contributed by atoms with Crippen LogP contribution >= 0.6 is 0 Å². The summed E-state index contributed by atoms with van der Waals surface area (Å²) in [5, 5.41) is 5.68. The lowest BCUT2D eigenvalue weighted by atomic mass is 10.0. The van der Waals surface area contributed by atoms with Crippen molar-refractivity contribution in [2.45, 2.75) is 25.8 Å². The molecule has 1 aliphatic rings. The molecular formula is C21H23FN2O3. The van der Waals surface area contributed by atoms with Crippen LogP contribution < -0.4 is 15.4 Å². The van der Waals surface area contributed by atoms with Gasteiger partial charge in [0.05, 0.1) is 7.11 Å². The molecule has 142 valence electrons. The highest BCUT2D eigenvalue weighted by Gasteiger charge is 2.56. The molecule has 2 N–H and O–H groups in total. The number of carbonyl (C=O) groups excluding carboxylic acids is 2. The van der Waals surface area contributed by atoms with Gasteiger partial charge in [0.15, 0.2) is 0 Å². The van der Waals surface area contributed by atoms with Crippen molar-refractivity contribution in [3.63, 3.8) is 0 Å². The van der Waals surface area contributed by atoms with Crippen LogP contribution in [-0.4, -0.2) is 25.5 Å². The van der Waals surface area contributed by atoms with Crippen molar-refractivity contribution in [3.8, 4) is 5.75 Å². The van der Waals surface area contributed by atoms with E-state index in [1.807, 2.05) is 24.3 Å². The molecule has 6 heteroatoms. The molecule has 0 spiro atoms. The van der Waals surface area contributed by atoms with Crippen molar-refractivity contribution >= 4 is 11.8 Å². The molecule has 0 saturated heterocycles. The van der Waals surface area contributed by atoms with Gasteiger partial charge in [0.25, 0.3) is 0 Å². The van der Waals surface area contributed by atoms with E-state index in [0.29, 0.717) is 32.4 Å². The zero-order chi connectivity index (χ0) is 19.3. The van der Waals surface area contributed by atoms with Crippen LogP contribution in [0, 0.1) is 11.2 Å². The van der Waals surface area contributed by atoms with E-state index in [-0.39, 0.29) is 17.6 Å². The van der Waals surface area contributed by atoms with E-state index < -0.39 is 5.41 Å². The maximum absolute atomic E-state index is 12.9. The van der Waals surface area contributed by atoms with Crippen LogP contribution in [0.15, 0.2) is 48.5 Å². The Bertz CT molecular complexity index is 799. The van der Waals surface area contributed by atoms with E-state index in [0.717, 1.165) is 16.9 Å². The Labute approximate surface area is 157 Å². The summed E-state index contributed by atoms with van der Waals surface area (Å²) in [6.07, 6.45) is 1.71. The summed E-state index contributed by atoms with van der Waals surface area (Å²) >= 11 is 0. The number of benzene rings is 2.